The molecule has 0 fully saturated rings. The third-order valence-corrected chi connectivity index (χ3v) is 3.28. The van der Waals surface area contributed by atoms with E-state index in [1.165, 1.54) is 0 Å². The Kier molecular flexibility index (Phi) is 5.09. The van der Waals surface area contributed by atoms with Gasteiger partial charge in [0.05, 0.1) is 11.7 Å². The van der Waals surface area contributed by atoms with Crippen LogP contribution in [0.25, 0.3) is 0 Å². The minimum Gasteiger partial charge on any atom is -0.370 e. The van der Waals surface area contributed by atoms with E-state index in [2.05, 4.69) is 39.4 Å². The molecule has 0 amide bonds. The van der Waals surface area contributed by atoms with Crippen LogP contribution in [0, 0.1) is 13.8 Å². The van der Waals surface area contributed by atoms with Crippen molar-refractivity contribution in [1.29, 1.82) is 0 Å². The minimum absolute atomic E-state index is 0.0956. The molecule has 5 heteroatoms. The van der Waals surface area contributed by atoms with Crippen LogP contribution in [-0.2, 0) is 0 Å². The van der Waals surface area contributed by atoms with E-state index in [1.807, 2.05) is 32.0 Å². The molecule has 2 heterocycles. The number of aryl methyl sites for hydroxylation is 1. The molecule has 0 bridgehead atoms. The number of anilines is 2. The van der Waals surface area contributed by atoms with E-state index in [-0.39, 0.29) is 6.04 Å². The highest BCUT2D eigenvalue weighted by atomic mass is 15.1. The lowest BCUT2D eigenvalue weighted by Crippen LogP contribution is -2.14. The third-order valence-electron chi connectivity index (χ3n) is 3.28. The minimum atomic E-state index is 0.0956. The van der Waals surface area contributed by atoms with Gasteiger partial charge in [0.2, 0.25) is 0 Å². The molecule has 0 aliphatic carbocycles. The topological polar surface area (TPSA) is 62.7 Å². The SMILES string of the molecule is CCCNc1nc(C)nc(NC(C)c2ccccn2)c1C. The van der Waals surface area contributed by atoms with Crippen LogP contribution in [-0.4, -0.2) is 21.5 Å². The van der Waals surface area contributed by atoms with Gasteiger partial charge in [0.15, 0.2) is 0 Å². The summed E-state index contributed by atoms with van der Waals surface area (Å²) in [7, 11) is 0. The van der Waals surface area contributed by atoms with Crippen LogP contribution >= 0.6 is 0 Å². The lowest BCUT2D eigenvalue weighted by Gasteiger charge is -2.18. The van der Waals surface area contributed by atoms with Gasteiger partial charge in [-0.25, -0.2) is 9.97 Å². The standard InChI is InChI=1S/C16H23N5/c1-5-9-18-15-11(2)16(21-13(4)20-15)19-12(3)14-8-6-7-10-17-14/h6-8,10,12H,5,9H2,1-4H3,(H2,18,19,20,21). The van der Waals surface area contributed by atoms with Crippen LogP contribution in [0.3, 0.4) is 0 Å². The van der Waals surface area contributed by atoms with E-state index in [4.69, 9.17) is 0 Å². The summed E-state index contributed by atoms with van der Waals surface area (Å²) in [6, 6.07) is 6.02. The molecular formula is C16H23N5. The van der Waals surface area contributed by atoms with Crippen molar-refractivity contribution in [2.45, 2.75) is 40.2 Å². The van der Waals surface area contributed by atoms with Crippen LogP contribution in [0.15, 0.2) is 24.4 Å². The van der Waals surface area contributed by atoms with Gasteiger partial charge in [0.1, 0.15) is 17.5 Å². The summed E-state index contributed by atoms with van der Waals surface area (Å²) in [5, 5.41) is 6.78. The summed E-state index contributed by atoms with van der Waals surface area (Å²) >= 11 is 0. The largest absolute Gasteiger partial charge is 0.370 e. The quantitative estimate of drug-likeness (QED) is 0.850. The summed E-state index contributed by atoms with van der Waals surface area (Å²) in [6.45, 7) is 9.07. The Balaban J connectivity index is 2.21. The molecule has 0 aliphatic heterocycles. The number of nitrogens with one attached hydrogen (secondary N) is 2. The number of nitrogens with zero attached hydrogens (tertiary/aromatic N) is 3. The Hall–Kier alpha value is -2.17. The van der Waals surface area contributed by atoms with Crippen molar-refractivity contribution in [3.8, 4) is 0 Å². The van der Waals surface area contributed by atoms with Crippen LogP contribution in [0.5, 0.6) is 0 Å². The zero-order chi connectivity index (χ0) is 15.2. The van der Waals surface area contributed by atoms with E-state index in [1.54, 1.807) is 6.20 Å². The highest BCUT2D eigenvalue weighted by molar-refractivity contribution is 5.57. The zero-order valence-corrected chi connectivity index (χ0v) is 13.1. The summed E-state index contributed by atoms with van der Waals surface area (Å²) in [6.07, 6.45) is 2.87. The number of aromatic nitrogens is 3. The first-order valence-electron chi connectivity index (χ1n) is 7.38. The number of pyridine rings is 1. The molecule has 0 radical (unpaired) electrons. The molecule has 2 aromatic heterocycles. The van der Waals surface area contributed by atoms with Crippen molar-refractivity contribution in [3.63, 3.8) is 0 Å². The van der Waals surface area contributed by atoms with Crippen molar-refractivity contribution in [3.05, 3.63) is 41.5 Å². The maximum absolute atomic E-state index is 4.52. The number of hydrogen-bond donors (Lipinski definition) is 2. The first kappa shape index (κ1) is 15.2. The molecule has 0 saturated carbocycles. The molecule has 2 rings (SSSR count). The molecule has 112 valence electrons. The van der Waals surface area contributed by atoms with Gasteiger partial charge in [0.25, 0.3) is 0 Å². The molecule has 0 spiro atoms. The lowest BCUT2D eigenvalue weighted by molar-refractivity contribution is 0.823. The highest BCUT2D eigenvalue weighted by Gasteiger charge is 2.12. The fraction of sp³-hybridized carbons (Fsp3) is 0.438. The molecule has 5 nitrogen and oxygen atoms in total. The zero-order valence-electron chi connectivity index (χ0n) is 13.1. The smallest absolute Gasteiger partial charge is 0.135 e. The van der Waals surface area contributed by atoms with Crippen LogP contribution in [0.2, 0.25) is 0 Å². The predicted octanol–water partition coefficient (Wildman–Crippen LogP) is 3.48. The summed E-state index contributed by atoms with van der Waals surface area (Å²) in [5.41, 5.74) is 2.04. The van der Waals surface area contributed by atoms with E-state index < -0.39 is 0 Å². The molecule has 1 atom stereocenters. The molecule has 2 N–H and O–H groups in total. The summed E-state index contributed by atoms with van der Waals surface area (Å²) in [5.74, 6) is 2.52. The molecule has 0 aromatic carbocycles. The fourth-order valence-electron chi connectivity index (χ4n) is 2.10. The second-order valence-corrected chi connectivity index (χ2v) is 5.14. The molecule has 0 aliphatic rings. The van der Waals surface area contributed by atoms with E-state index in [0.29, 0.717) is 0 Å². The summed E-state index contributed by atoms with van der Waals surface area (Å²) < 4.78 is 0. The van der Waals surface area contributed by atoms with Crippen molar-refractivity contribution >= 4 is 11.6 Å². The lowest BCUT2D eigenvalue weighted by atomic mass is 10.2. The third kappa shape index (κ3) is 3.90. The second-order valence-electron chi connectivity index (χ2n) is 5.14. The molecule has 0 saturated heterocycles. The van der Waals surface area contributed by atoms with Crippen molar-refractivity contribution in [1.82, 2.24) is 15.0 Å². The summed E-state index contributed by atoms with van der Waals surface area (Å²) in [4.78, 5) is 13.4. The number of hydrogen-bond acceptors (Lipinski definition) is 5. The van der Waals surface area contributed by atoms with Crippen molar-refractivity contribution < 1.29 is 0 Å². The highest BCUT2D eigenvalue weighted by Crippen LogP contribution is 2.23. The van der Waals surface area contributed by atoms with Gasteiger partial charge in [-0.05, 0) is 39.3 Å². The molecular weight excluding hydrogens is 262 g/mol. The van der Waals surface area contributed by atoms with Gasteiger partial charge < -0.3 is 10.6 Å². The Bertz CT molecular complexity index is 583. The van der Waals surface area contributed by atoms with Gasteiger partial charge in [-0.2, -0.15) is 0 Å². The van der Waals surface area contributed by atoms with Gasteiger partial charge in [0, 0.05) is 18.3 Å². The fourth-order valence-corrected chi connectivity index (χ4v) is 2.10. The van der Waals surface area contributed by atoms with Crippen molar-refractivity contribution in [2.75, 3.05) is 17.2 Å². The molecule has 2 aromatic rings. The predicted molar refractivity (Wildman–Crippen MR) is 86.6 cm³/mol. The second kappa shape index (κ2) is 7.02. The average Bonchev–Trinajstić information content (AvgIpc) is 2.50. The Morgan fingerprint density at radius 2 is 1.90 bits per heavy atom. The van der Waals surface area contributed by atoms with Crippen molar-refractivity contribution in [2.24, 2.45) is 0 Å². The normalized spacial score (nSPS) is 12.0. The molecule has 21 heavy (non-hydrogen) atoms. The van der Waals surface area contributed by atoms with Gasteiger partial charge in [-0.1, -0.05) is 13.0 Å². The molecule has 1 unspecified atom stereocenters. The number of rotatable bonds is 6. The van der Waals surface area contributed by atoms with E-state index in [9.17, 15) is 0 Å². The average molecular weight is 285 g/mol. The first-order valence-corrected chi connectivity index (χ1v) is 7.38. The van der Waals surface area contributed by atoms with E-state index >= 15 is 0 Å². The maximum atomic E-state index is 4.52. The first-order chi connectivity index (χ1) is 10.1. The van der Waals surface area contributed by atoms with Gasteiger partial charge >= 0.3 is 0 Å². The monoisotopic (exact) mass is 285 g/mol. The van der Waals surface area contributed by atoms with Gasteiger partial charge in [-0.15, -0.1) is 0 Å². The Morgan fingerprint density at radius 3 is 2.57 bits per heavy atom. The Labute approximate surface area is 126 Å². The van der Waals surface area contributed by atoms with Crippen LogP contribution in [0.1, 0.15) is 43.4 Å². The van der Waals surface area contributed by atoms with E-state index in [0.717, 1.165) is 41.7 Å². The Morgan fingerprint density at radius 1 is 1.14 bits per heavy atom. The van der Waals surface area contributed by atoms with Crippen LogP contribution in [0.4, 0.5) is 11.6 Å². The van der Waals surface area contributed by atoms with Gasteiger partial charge in [-0.3, -0.25) is 4.98 Å². The van der Waals surface area contributed by atoms with Crippen LogP contribution < -0.4 is 10.6 Å². The maximum Gasteiger partial charge on any atom is 0.135 e.